The van der Waals surface area contributed by atoms with Crippen LogP contribution in [0.3, 0.4) is 0 Å². The van der Waals surface area contributed by atoms with Gasteiger partial charge in [0.05, 0.1) is 23.3 Å². The van der Waals surface area contributed by atoms with Gasteiger partial charge in [0.1, 0.15) is 0 Å². The standard InChI is InChI=1S/C19H20BrN3O4S/c1-11-8-14-9-13(4-7-18(14)23(11)28(3,26)27)19(25)22-17-10-15(20)5-6-16(17)21-12(2)24/h4-7,9-11H,8H2,1-3H3,(H,21,24)(H,22,25). The van der Waals surface area contributed by atoms with Crippen LogP contribution in [-0.4, -0.2) is 32.5 Å². The molecule has 0 saturated heterocycles. The molecule has 1 aliphatic heterocycles. The number of hydrogen-bond donors (Lipinski definition) is 2. The number of hydrogen-bond acceptors (Lipinski definition) is 4. The lowest BCUT2D eigenvalue weighted by atomic mass is 10.1. The molecule has 1 atom stereocenters. The molecule has 0 radical (unpaired) electrons. The van der Waals surface area contributed by atoms with Crippen LogP contribution in [-0.2, 0) is 21.2 Å². The summed E-state index contributed by atoms with van der Waals surface area (Å²) in [5.74, 6) is -0.594. The van der Waals surface area contributed by atoms with Gasteiger partial charge in [-0.1, -0.05) is 15.9 Å². The summed E-state index contributed by atoms with van der Waals surface area (Å²) in [4.78, 5) is 24.1. The molecule has 2 amide bonds. The summed E-state index contributed by atoms with van der Waals surface area (Å²) in [7, 11) is -3.38. The summed E-state index contributed by atoms with van der Waals surface area (Å²) >= 11 is 3.35. The molecule has 0 spiro atoms. The van der Waals surface area contributed by atoms with Crippen molar-refractivity contribution < 1.29 is 18.0 Å². The highest BCUT2D eigenvalue weighted by Crippen LogP contribution is 2.35. The highest BCUT2D eigenvalue weighted by molar-refractivity contribution is 9.10. The van der Waals surface area contributed by atoms with Crippen LogP contribution in [0.4, 0.5) is 17.1 Å². The number of amides is 2. The molecule has 3 rings (SSSR count). The summed E-state index contributed by atoms with van der Waals surface area (Å²) in [6.07, 6.45) is 1.72. The number of carbonyl (C=O) groups excluding carboxylic acids is 2. The van der Waals surface area contributed by atoms with E-state index in [9.17, 15) is 18.0 Å². The normalized spacial score (nSPS) is 15.9. The third-order valence-corrected chi connectivity index (χ3v) is 6.16. The van der Waals surface area contributed by atoms with E-state index in [4.69, 9.17) is 0 Å². The van der Waals surface area contributed by atoms with Crippen molar-refractivity contribution >= 4 is 54.8 Å². The first-order valence-corrected chi connectivity index (χ1v) is 11.2. The highest BCUT2D eigenvalue weighted by atomic mass is 79.9. The van der Waals surface area contributed by atoms with Crippen molar-refractivity contribution in [3.63, 3.8) is 0 Å². The molecular weight excluding hydrogens is 446 g/mol. The fraction of sp³-hybridized carbons (Fsp3) is 0.263. The Morgan fingerprint density at radius 1 is 1.11 bits per heavy atom. The van der Waals surface area contributed by atoms with Gasteiger partial charge < -0.3 is 10.6 Å². The first kappa shape index (κ1) is 20.3. The van der Waals surface area contributed by atoms with Crippen molar-refractivity contribution in [3.05, 3.63) is 52.0 Å². The van der Waals surface area contributed by atoms with Gasteiger partial charge in [0.25, 0.3) is 5.91 Å². The summed E-state index contributed by atoms with van der Waals surface area (Å²) in [5, 5.41) is 5.48. The number of fused-ring (bicyclic) bond motifs is 1. The topological polar surface area (TPSA) is 95.6 Å². The van der Waals surface area contributed by atoms with Crippen LogP contribution >= 0.6 is 15.9 Å². The molecule has 2 N–H and O–H groups in total. The Labute approximate surface area is 172 Å². The Bertz CT molecular complexity index is 1070. The van der Waals surface area contributed by atoms with Crippen molar-refractivity contribution in [3.8, 4) is 0 Å². The molecule has 1 unspecified atom stereocenters. The third kappa shape index (κ3) is 4.20. The van der Waals surface area contributed by atoms with Gasteiger partial charge in [-0.15, -0.1) is 0 Å². The quantitative estimate of drug-likeness (QED) is 0.723. The Hall–Kier alpha value is -2.39. The number of nitrogens with one attached hydrogen (secondary N) is 2. The molecule has 28 heavy (non-hydrogen) atoms. The Morgan fingerprint density at radius 2 is 1.82 bits per heavy atom. The molecule has 0 fully saturated rings. The fourth-order valence-corrected chi connectivity index (χ4v) is 4.99. The molecule has 1 aliphatic rings. The van der Waals surface area contributed by atoms with E-state index in [2.05, 4.69) is 26.6 Å². The molecule has 2 aromatic rings. The number of rotatable bonds is 4. The van der Waals surface area contributed by atoms with E-state index >= 15 is 0 Å². The van der Waals surface area contributed by atoms with Gasteiger partial charge in [0.15, 0.2) is 0 Å². The molecular formula is C19H20BrN3O4S. The number of anilines is 3. The molecule has 2 aromatic carbocycles. The van der Waals surface area contributed by atoms with E-state index in [0.29, 0.717) is 29.0 Å². The Morgan fingerprint density at radius 3 is 2.46 bits per heavy atom. The zero-order valence-corrected chi connectivity index (χ0v) is 18.0. The van der Waals surface area contributed by atoms with Crippen molar-refractivity contribution in [2.24, 2.45) is 0 Å². The summed E-state index contributed by atoms with van der Waals surface area (Å²) < 4.78 is 26.2. The van der Waals surface area contributed by atoms with E-state index in [1.807, 2.05) is 6.92 Å². The maximum absolute atomic E-state index is 12.8. The van der Waals surface area contributed by atoms with Crippen LogP contribution in [0, 0.1) is 0 Å². The average molecular weight is 466 g/mol. The molecule has 0 saturated carbocycles. The van der Waals surface area contributed by atoms with E-state index in [1.54, 1.807) is 36.4 Å². The van der Waals surface area contributed by atoms with Gasteiger partial charge in [0, 0.05) is 23.0 Å². The third-order valence-electron chi connectivity index (χ3n) is 4.39. The number of halogens is 1. The number of benzene rings is 2. The lowest BCUT2D eigenvalue weighted by Crippen LogP contribution is -2.34. The minimum atomic E-state index is -3.38. The highest BCUT2D eigenvalue weighted by Gasteiger charge is 2.32. The summed E-state index contributed by atoms with van der Waals surface area (Å²) in [6, 6.07) is 9.92. The van der Waals surface area contributed by atoms with E-state index in [-0.39, 0.29) is 17.9 Å². The van der Waals surface area contributed by atoms with Crippen LogP contribution < -0.4 is 14.9 Å². The summed E-state index contributed by atoms with van der Waals surface area (Å²) in [5.41, 5.74) is 2.77. The van der Waals surface area contributed by atoms with Crippen molar-refractivity contribution in [2.75, 3.05) is 21.2 Å². The Balaban J connectivity index is 1.89. The van der Waals surface area contributed by atoms with E-state index in [1.165, 1.54) is 17.5 Å². The van der Waals surface area contributed by atoms with Crippen LogP contribution in [0.2, 0.25) is 0 Å². The second-order valence-corrected chi connectivity index (χ2v) is 9.56. The van der Waals surface area contributed by atoms with Crippen LogP contribution in [0.1, 0.15) is 29.8 Å². The van der Waals surface area contributed by atoms with Gasteiger partial charge in [-0.3, -0.25) is 13.9 Å². The lowest BCUT2D eigenvalue weighted by Gasteiger charge is -2.22. The largest absolute Gasteiger partial charge is 0.325 e. The van der Waals surface area contributed by atoms with Gasteiger partial charge >= 0.3 is 0 Å². The monoisotopic (exact) mass is 465 g/mol. The predicted octanol–water partition coefficient (Wildman–Crippen LogP) is 3.37. The SMILES string of the molecule is CC(=O)Nc1ccc(Br)cc1NC(=O)c1ccc2c(c1)CC(C)N2S(C)(=O)=O. The summed E-state index contributed by atoms with van der Waals surface area (Å²) in [6.45, 7) is 3.23. The lowest BCUT2D eigenvalue weighted by molar-refractivity contribution is -0.114. The molecule has 0 aliphatic carbocycles. The molecule has 0 aromatic heterocycles. The van der Waals surface area contributed by atoms with Gasteiger partial charge in [-0.25, -0.2) is 8.42 Å². The van der Waals surface area contributed by atoms with Crippen molar-refractivity contribution in [2.45, 2.75) is 26.3 Å². The van der Waals surface area contributed by atoms with E-state index < -0.39 is 10.0 Å². The average Bonchev–Trinajstić information content (AvgIpc) is 2.91. The number of sulfonamides is 1. The first-order valence-electron chi connectivity index (χ1n) is 8.57. The zero-order chi connectivity index (χ0) is 20.6. The predicted molar refractivity (Wildman–Crippen MR) is 113 cm³/mol. The molecule has 7 nitrogen and oxygen atoms in total. The molecule has 0 bridgehead atoms. The maximum Gasteiger partial charge on any atom is 0.255 e. The molecule has 1 heterocycles. The van der Waals surface area contributed by atoms with Gasteiger partial charge in [0.2, 0.25) is 15.9 Å². The second kappa shape index (κ2) is 7.56. The first-order chi connectivity index (χ1) is 13.1. The van der Waals surface area contributed by atoms with Crippen molar-refractivity contribution in [1.82, 2.24) is 0 Å². The second-order valence-electron chi connectivity index (χ2n) is 6.78. The van der Waals surface area contributed by atoms with E-state index in [0.717, 1.165) is 10.0 Å². The Kier molecular flexibility index (Phi) is 5.49. The smallest absolute Gasteiger partial charge is 0.255 e. The minimum absolute atomic E-state index is 0.195. The van der Waals surface area contributed by atoms with Gasteiger partial charge in [-0.05, 0) is 55.3 Å². The van der Waals surface area contributed by atoms with Crippen LogP contribution in [0.15, 0.2) is 40.9 Å². The fourth-order valence-electron chi connectivity index (χ4n) is 3.36. The van der Waals surface area contributed by atoms with Crippen molar-refractivity contribution in [1.29, 1.82) is 0 Å². The van der Waals surface area contributed by atoms with Gasteiger partial charge in [-0.2, -0.15) is 0 Å². The number of nitrogens with zero attached hydrogens (tertiary/aromatic N) is 1. The van der Waals surface area contributed by atoms with Crippen LogP contribution in [0.25, 0.3) is 0 Å². The maximum atomic E-state index is 12.8. The molecule has 148 valence electrons. The van der Waals surface area contributed by atoms with Crippen LogP contribution in [0.5, 0.6) is 0 Å². The molecule has 9 heteroatoms. The minimum Gasteiger partial charge on any atom is -0.325 e. The number of carbonyl (C=O) groups is 2. The zero-order valence-electron chi connectivity index (χ0n) is 15.6.